The second kappa shape index (κ2) is 6.95. The normalized spacial score (nSPS) is 12.7. The fraction of sp³-hybridized carbons (Fsp3) is 0.727. The number of ether oxygens (including phenoxy) is 2. The van der Waals surface area contributed by atoms with Crippen molar-refractivity contribution >= 4 is 17.8 Å². The lowest BCUT2D eigenvalue weighted by Crippen LogP contribution is -2.50. The van der Waals surface area contributed by atoms with Gasteiger partial charge in [0, 0.05) is 13.5 Å². The van der Waals surface area contributed by atoms with Crippen LogP contribution in [0.2, 0.25) is 0 Å². The Morgan fingerprint density at radius 3 is 2.22 bits per heavy atom. The van der Waals surface area contributed by atoms with E-state index in [1.54, 1.807) is 0 Å². The van der Waals surface area contributed by atoms with Gasteiger partial charge < -0.3 is 19.9 Å². The zero-order chi connectivity index (χ0) is 14.3. The molecule has 0 bridgehead atoms. The molecule has 2 N–H and O–H groups in total. The number of carbonyl (C=O) groups is 3. The first-order chi connectivity index (χ1) is 8.24. The summed E-state index contributed by atoms with van der Waals surface area (Å²) in [5.74, 6) is -2.29. The molecule has 0 aromatic carbocycles. The lowest BCUT2D eigenvalue weighted by atomic mass is 10.1. The van der Waals surface area contributed by atoms with E-state index in [1.165, 1.54) is 28.1 Å². The first-order valence-electron chi connectivity index (χ1n) is 5.40. The summed E-state index contributed by atoms with van der Waals surface area (Å²) in [6.07, 6.45) is -0.116. The highest BCUT2D eigenvalue weighted by Gasteiger charge is 2.31. The van der Waals surface area contributed by atoms with Crippen LogP contribution in [0.1, 0.15) is 26.7 Å². The lowest BCUT2D eigenvalue weighted by molar-refractivity contribution is -0.148. The minimum absolute atomic E-state index is 0.0342. The Morgan fingerprint density at radius 2 is 1.83 bits per heavy atom. The molecule has 18 heavy (non-hydrogen) atoms. The van der Waals surface area contributed by atoms with Gasteiger partial charge in [-0.1, -0.05) is 0 Å². The molecule has 0 aliphatic carbocycles. The summed E-state index contributed by atoms with van der Waals surface area (Å²) in [4.78, 5) is 33.6. The molecule has 1 amide bonds. The summed E-state index contributed by atoms with van der Waals surface area (Å²) in [7, 11) is 2.56. The minimum atomic E-state index is -1.21. The van der Waals surface area contributed by atoms with Crippen molar-refractivity contribution in [3.8, 4) is 0 Å². The number of hydrogen-bond acceptors (Lipinski definition) is 5. The lowest BCUT2D eigenvalue weighted by Gasteiger charge is -2.24. The minimum Gasteiger partial charge on any atom is -0.480 e. The molecule has 0 spiro atoms. The fourth-order valence-electron chi connectivity index (χ4n) is 1.05. The zero-order valence-corrected chi connectivity index (χ0v) is 11.0. The third-order valence-electron chi connectivity index (χ3n) is 2.53. The molecule has 0 saturated carbocycles. The molecular weight excluding hydrogens is 242 g/mol. The second-order valence-corrected chi connectivity index (χ2v) is 4.19. The molecule has 7 nitrogen and oxygen atoms in total. The maximum Gasteiger partial charge on any atom is 0.326 e. The average molecular weight is 261 g/mol. The molecule has 0 rings (SSSR count). The SMILES string of the molecule is COC(=O)CC[C@H](NC(=O)C(C)(C)OC)C(=O)O. The predicted octanol–water partition coefficient (Wildman–Crippen LogP) is -0.0660. The molecule has 7 heteroatoms. The molecule has 0 aliphatic heterocycles. The number of aliphatic carboxylic acids is 1. The zero-order valence-electron chi connectivity index (χ0n) is 11.0. The fourth-order valence-corrected chi connectivity index (χ4v) is 1.05. The van der Waals surface area contributed by atoms with Crippen LogP contribution in [-0.4, -0.2) is 48.8 Å². The summed E-state index contributed by atoms with van der Waals surface area (Å²) in [5.41, 5.74) is -1.13. The van der Waals surface area contributed by atoms with Crippen LogP contribution in [0.3, 0.4) is 0 Å². The van der Waals surface area contributed by atoms with Crippen molar-refractivity contribution in [1.82, 2.24) is 5.32 Å². The van der Waals surface area contributed by atoms with Gasteiger partial charge in [0.05, 0.1) is 7.11 Å². The van der Waals surface area contributed by atoms with Gasteiger partial charge in [-0.15, -0.1) is 0 Å². The summed E-state index contributed by atoms with van der Waals surface area (Å²) in [6.45, 7) is 3.03. The van der Waals surface area contributed by atoms with E-state index < -0.39 is 29.5 Å². The number of methoxy groups -OCH3 is 2. The Hall–Kier alpha value is -1.63. The van der Waals surface area contributed by atoms with Crippen LogP contribution in [0.15, 0.2) is 0 Å². The summed E-state index contributed by atoms with van der Waals surface area (Å²) in [5, 5.41) is 11.3. The standard InChI is InChI=1S/C11H19NO6/c1-11(2,18-4)10(16)12-7(9(14)15)5-6-8(13)17-3/h7H,5-6H2,1-4H3,(H,12,16)(H,14,15)/t7-/m0/s1. The van der Waals surface area contributed by atoms with E-state index in [4.69, 9.17) is 9.84 Å². The first-order valence-corrected chi connectivity index (χ1v) is 5.40. The molecule has 0 heterocycles. The van der Waals surface area contributed by atoms with Gasteiger partial charge in [-0.2, -0.15) is 0 Å². The van der Waals surface area contributed by atoms with Crippen LogP contribution in [0, 0.1) is 0 Å². The average Bonchev–Trinajstić information content (AvgIpc) is 2.32. The molecule has 0 radical (unpaired) electrons. The van der Waals surface area contributed by atoms with E-state index >= 15 is 0 Å². The van der Waals surface area contributed by atoms with Gasteiger partial charge in [0.15, 0.2) is 0 Å². The van der Waals surface area contributed by atoms with Gasteiger partial charge in [0.2, 0.25) is 0 Å². The smallest absolute Gasteiger partial charge is 0.326 e. The largest absolute Gasteiger partial charge is 0.480 e. The topological polar surface area (TPSA) is 102 Å². The van der Waals surface area contributed by atoms with E-state index in [2.05, 4.69) is 10.1 Å². The van der Waals surface area contributed by atoms with Crippen LogP contribution in [-0.2, 0) is 23.9 Å². The highest BCUT2D eigenvalue weighted by molar-refractivity contribution is 5.88. The molecule has 0 fully saturated rings. The number of carboxylic acid groups (broad SMARTS) is 1. The van der Waals surface area contributed by atoms with Crippen LogP contribution in [0.4, 0.5) is 0 Å². The number of hydrogen-bond donors (Lipinski definition) is 2. The van der Waals surface area contributed by atoms with Gasteiger partial charge in [-0.25, -0.2) is 4.79 Å². The molecule has 0 aliphatic rings. The molecule has 1 atom stereocenters. The monoisotopic (exact) mass is 261 g/mol. The van der Waals surface area contributed by atoms with Crippen LogP contribution in [0.5, 0.6) is 0 Å². The van der Waals surface area contributed by atoms with E-state index in [0.29, 0.717) is 0 Å². The molecule has 0 aromatic rings. The van der Waals surface area contributed by atoms with Crippen LogP contribution < -0.4 is 5.32 Å². The van der Waals surface area contributed by atoms with Crippen molar-refractivity contribution in [2.24, 2.45) is 0 Å². The van der Waals surface area contributed by atoms with E-state index in [-0.39, 0.29) is 12.8 Å². The number of rotatable bonds is 7. The Morgan fingerprint density at radius 1 is 1.28 bits per heavy atom. The number of nitrogens with one attached hydrogen (secondary N) is 1. The van der Waals surface area contributed by atoms with Gasteiger partial charge >= 0.3 is 11.9 Å². The van der Waals surface area contributed by atoms with Crippen molar-refractivity contribution in [2.45, 2.75) is 38.3 Å². The summed E-state index contributed by atoms with van der Waals surface area (Å²) < 4.78 is 9.33. The molecule has 0 aromatic heterocycles. The predicted molar refractivity (Wildman–Crippen MR) is 61.9 cm³/mol. The molecule has 104 valence electrons. The van der Waals surface area contributed by atoms with Crippen molar-refractivity contribution in [3.63, 3.8) is 0 Å². The molecular formula is C11H19NO6. The van der Waals surface area contributed by atoms with E-state index in [0.717, 1.165) is 0 Å². The third kappa shape index (κ3) is 5.13. The number of carbonyl (C=O) groups excluding carboxylic acids is 2. The summed E-state index contributed by atoms with van der Waals surface area (Å²) in [6, 6.07) is -1.15. The second-order valence-electron chi connectivity index (χ2n) is 4.19. The maximum absolute atomic E-state index is 11.7. The van der Waals surface area contributed by atoms with Crippen molar-refractivity contribution in [2.75, 3.05) is 14.2 Å². The van der Waals surface area contributed by atoms with Crippen LogP contribution in [0.25, 0.3) is 0 Å². The quantitative estimate of drug-likeness (QED) is 0.622. The number of amides is 1. The van der Waals surface area contributed by atoms with Crippen LogP contribution >= 0.6 is 0 Å². The van der Waals surface area contributed by atoms with Gasteiger partial charge in [-0.3, -0.25) is 9.59 Å². The van der Waals surface area contributed by atoms with Crippen molar-refractivity contribution in [3.05, 3.63) is 0 Å². The number of carboxylic acids is 1. The first kappa shape index (κ1) is 16.4. The third-order valence-corrected chi connectivity index (χ3v) is 2.53. The molecule has 0 saturated heterocycles. The Bertz CT molecular complexity index is 325. The number of esters is 1. The van der Waals surface area contributed by atoms with Gasteiger partial charge in [0.25, 0.3) is 5.91 Å². The highest BCUT2D eigenvalue weighted by Crippen LogP contribution is 2.09. The van der Waals surface area contributed by atoms with E-state index in [9.17, 15) is 14.4 Å². The Labute approximate surface area is 105 Å². The Kier molecular flexibility index (Phi) is 6.32. The molecule has 0 unspecified atom stereocenters. The maximum atomic E-state index is 11.7. The Balaban J connectivity index is 4.50. The van der Waals surface area contributed by atoms with Crippen molar-refractivity contribution in [1.29, 1.82) is 0 Å². The van der Waals surface area contributed by atoms with Gasteiger partial charge in [-0.05, 0) is 20.3 Å². The van der Waals surface area contributed by atoms with E-state index in [1.807, 2.05) is 0 Å². The van der Waals surface area contributed by atoms with Gasteiger partial charge in [0.1, 0.15) is 11.6 Å². The highest BCUT2D eigenvalue weighted by atomic mass is 16.5. The van der Waals surface area contributed by atoms with Crippen molar-refractivity contribution < 1.29 is 29.0 Å². The summed E-state index contributed by atoms with van der Waals surface area (Å²) >= 11 is 0.